The first-order chi connectivity index (χ1) is 13.7. The number of hydrogen-bond donors (Lipinski definition) is 1. The van der Waals surface area contributed by atoms with E-state index in [-0.39, 0.29) is 5.91 Å². The van der Waals surface area contributed by atoms with E-state index in [0.717, 1.165) is 44.0 Å². The van der Waals surface area contributed by atoms with Crippen molar-refractivity contribution >= 4 is 12.0 Å². The van der Waals surface area contributed by atoms with Gasteiger partial charge in [-0.15, -0.1) is 0 Å². The highest BCUT2D eigenvalue weighted by atomic mass is 16.5. The average molecular weight is 380 g/mol. The molecule has 0 spiro atoms. The molecule has 1 N–H and O–H groups in total. The molecule has 148 valence electrons. The standard InChI is InChI=1S/C23H29N3O2/c1-28-22-11-9-21(10-12-22)18-24-23(27)19-26-16-14-25(15-17-26)13-5-8-20-6-3-2-4-7-20/h2-12H,13-19H2,1H3,(H,24,27)/b8-5+. The van der Waals surface area contributed by atoms with E-state index in [0.29, 0.717) is 13.1 Å². The number of methoxy groups -OCH3 is 1. The molecule has 1 aliphatic heterocycles. The lowest BCUT2D eigenvalue weighted by Crippen LogP contribution is -2.49. The SMILES string of the molecule is COc1ccc(CNC(=O)CN2CCN(C/C=C/c3ccccc3)CC2)cc1. The van der Waals surface area contributed by atoms with Crippen LogP contribution in [0, 0.1) is 0 Å². The number of hydrogen-bond acceptors (Lipinski definition) is 4. The Hall–Kier alpha value is -2.63. The van der Waals surface area contributed by atoms with Gasteiger partial charge >= 0.3 is 0 Å². The first-order valence-electron chi connectivity index (χ1n) is 9.79. The predicted octanol–water partition coefficient (Wildman–Crippen LogP) is 2.64. The fourth-order valence-electron chi connectivity index (χ4n) is 3.24. The molecule has 3 rings (SSSR count). The van der Waals surface area contributed by atoms with Crippen LogP contribution in [0.2, 0.25) is 0 Å². The number of benzene rings is 2. The van der Waals surface area contributed by atoms with Crippen molar-refractivity contribution in [2.45, 2.75) is 6.54 Å². The molecule has 0 bridgehead atoms. The van der Waals surface area contributed by atoms with Crippen LogP contribution in [0.5, 0.6) is 5.75 Å². The Bertz CT molecular complexity index is 751. The lowest BCUT2D eigenvalue weighted by molar-refractivity contribution is -0.122. The molecule has 2 aromatic rings. The van der Waals surface area contributed by atoms with E-state index in [1.807, 2.05) is 30.3 Å². The van der Waals surface area contributed by atoms with Gasteiger partial charge in [0.1, 0.15) is 5.75 Å². The molecule has 1 amide bonds. The molecule has 1 saturated heterocycles. The van der Waals surface area contributed by atoms with Gasteiger partial charge in [-0.2, -0.15) is 0 Å². The van der Waals surface area contributed by atoms with E-state index in [1.54, 1.807) is 7.11 Å². The maximum absolute atomic E-state index is 12.2. The molecule has 1 heterocycles. The summed E-state index contributed by atoms with van der Waals surface area (Å²) in [4.78, 5) is 16.9. The lowest BCUT2D eigenvalue weighted by Gasteiger charge is -2.33. The van der Waals surface area contributed by atoms with Gasteiger partial charge in [0.2, 0.25) is 5.91 Å². The van der Waals surface area contributed by atoms with Crippen molar-refractivity contribution < 1.29 is 9.53 Å². The van der Waals surface area contributed by atoms with E-state index in [9.17, 15) is 4.79 Å². The molecular formula is C23H29N3O2. The van der Waals surface area contributed by atoms with Gasteiger partial charge in [-0.1, -0.05) is 54.6 Å². The molecule has 0 aromatic heterocycles. The molecule has 1 fully saturated rings. The zero-order valence-corrected chi connectivity index (χ0v) is 16.5. The van der Waals surface area contributed by atoms with Crippen LogP contribution in [0.15, 0.2) is 60.7 Å². The Labute approximate surface area is 167 Å². The topological polar surface area (TPSA) is 44.8 Å². The molecule has 0 radical (unpaired) electrons. The summed E-state index contributed by atoms with van der Waals surface area (Å²) in [6.07, 6.45) is 4.38. The molecular weight excluding hydrogens is 350 g/mol. The molecule has 5 heteroatoms. The quantitative estimate of drug-likeness (QED) is 0.766. The minimum absolute atomic E-state index is 0.0771. The Kier molecular flexibility index (Phi) is 7.64. The second-order valence-electron chi connectivity index (χ2n) is 7.01. The molecule has 2 aromatic carbocycles. The maximum atomic E-state index is 12.2. The van der Waals surface area contributed by atoms with Crippen LogP contribution in [0.4, 0.5) is 0 Å². The van der Waals surface area contributed by atoms with Gasteiger partial charge in [-0.05, 0) is 23.3 Å². The van der Waals surface area contributed by atoms with Gasteiger partial charge in [-0.3, -0.25) is 14.6 Å². The van der Waals surface area contributed by atoms with E-state index in [4.69, 9.17) is 4.74 Å². The van der Waals surface area contributed by atoms with Crippen molar-refractivity contribution in [1.29, 1.82) is 0 Å². The summed E-state index contributed by atoms with van der Waals surface area (Å²) in [5.41, 5.74) is 2.30. The van der Waals surface area contributed by atoms with Crippen LogP contribution >= 0.6 is 0 Å². The fraction of sp³-hybridized carbons (Fsp3) is 0.348. The highest BCUT2D eigenvalue weighted by molar-refractivity contribution is 5.78. The highest BCUT2D eigenvalue weighted by Crippen LogP contribution is 2.11. The summed E-state index contributed by atoms with van der Waals surface area (Å²) in [5.74, 6) is 0.903. The Morgan fingerprint density at radius 1 is 1.00 bits per heavy atom. The largest absolute Gasteiger partial charge is 0.497 e. The summed E-state index contributed by atoms with van der Waals surface area (Å²) < 4.78 is 5.15. The van der Waals surface area contributed by atoms with Crippen molar-refractivity contribution in [2.75, 3.05) is 46.4 Å². The van der Waals surface area contributed by atoms with E-state index < -0.39 is 0 Å². The smallest absolute Gasteiger partial charge is 0.234 e. The number of carbonyl (C=O) groups excluding carboxylic acids is 1. The number of piperazine rings is 1. The van der Waals surface area contributed by atoms with Crippen LogP contribution in [0.25, 0.3) is 6.08 Å². The third kappa shape index (κ3) is 6.51. The minimum Gasteiger partial charge on any atom is -0.497 e. The normalized spacial score (nSPS) is 15.6. The van der Waals surface area contributed by atoms with Crippen LogP contribution in [0.1, 0.15) is 11.1 Å². The summed E-state index contributed by atoms with van der Waals surface area (Å²) >= 11 is 0. The van der Waals surface area contributed by atoms with E-state index >= 15 is 0 Å². The monoisotopic (exact) mass is 379 g/mol. The van der Waals surface area contributed by atoms with Gasteiger partial charge in [0, 0.05) is 39.3 Å². The number of ether oxygens (including phenoxy) is 1. The molecule has 1 aliphatic rings. The van der Waals surface area contributed by atoms with Gasteiger partial charge in [0.25, 0.3) is 0 Å². The predicted molar refractivity (Wildman–Crippen MR) is 113 cm³/mol. The van der Waals surface area contributed by atoms with Gasteiger partial charge in [-0.25, -0.2) is 0 Å². The second-order valence-corrected chi connectivity index (χ2v) is 7.01. The Balaban J connectivity index is 1.33. The molecule has 28 heavy (non-hydrogen) atoms. The molecule has 0 aliphatic carbocycles. The number of nitrogens with one attached hydrogen (secondary N) is 1. The van der Waals surface area contributed by atoms with Crippen molar-refractivity contribution in [3.63, 3.8) is 0 Å². The van der Waals surface area contributed by atoms with Crippen LogP contribution in [-0.4, -0.2) is 62.1 Å². The van der Waals surface area contributed by atoms with Gasteiger partial charge in [0.15, 0.2) is 0 Å². The second kappa shape index (κ2) is 10.6. The first-order valence-corrected chi connectivity index (χ1v) is 9.79. The molecule has 0 atom stereocenters. The summed E-state index contributed by atoms with van der Waals surface area (Å²) in [6, 6.07) is 18.1. The number of amides is 1. The van der Waals surface area contributed by atoms with Crippen molar-refractivity contribution in [1.82, 2.24) is 15.1 Å². The molecule has 0 unspecified atom stereocenters. The van der Waals surface area contributed by atoms with Crippen LogP contribution in [-0.2, 0) is 11.3 Å². The van der Waals surface area contributed by atoms with Gasteiger partial charge < -0.3 is 10.1 Å². The number of rotatable bonds is 8. The van der Waals surface area contributed by atoms with Crippen molar-refractivity contribution in [3.8, 4) is 5.75 Å². The van der Waals surface area contributed by atoms with Gasteiger partial charge in [0.05, 0.1) is 13.7 Å². The zero-order valence-electron chi connectivity index (χ0n) is 16.5. The first kappa shape index (κ1) is 20.1. The minimum atomic E-state index is 0.0771. The van der Waals surface area contributed by atoms with Crippen LogP contribution < -0.4 is 10.1 Å². The number of carbonyl (C=O) groups is 1. The van der Waals surface area contributed by atoms with Crippen molar-refractivity contribution in [2.24, 2.45) is 0 Å². The summed E-state index contributed by atoms with van der Waals surface area (Å²) in [6.45, 7) is 5.80. The molecule has 0 saturated carbocycles. The van der Waals surface area contributed by atoms with Crippen molar-refractivity contribution in [3.05, 3.63) is 71.8 Å². The lowest BCUT2D eigenvalue weighted by atomic mass is 10.2. The average Bonchev–Trinajstić information content (AvgIpc) is 2.75. The van der Waals surface area contributed by atoms with E-state index in [1.165, 1.54) is 5.56 Å². The summed E-state index contributed by atoms with van der Waals surface area (Å²) in [7, 11) is 1.65. The van der Waals surface area contributed by atoms with Crippen LogP contribution in [0.3, 0.4) is 0 Å². The zero-order chi connectivity index (χ0) is 19.6. The Morgan fingerprint density at radius 2 is 1.68 bits per heavy atom. The third-order valence-corrected chi connectivity index (χ3v) is 4.95. The summed E-state index contributed by atoms with van der Waals surface area (Å²) in [5, 5.41) is 3.00. The van der Waals surface area contributed by atoms with E-state index in [2.05, 4.69) is 51.5 Å². The third-order valence-electron chi connectivity index (χ3n) is 4.95. The maximum Gasteiger partial charge on any atom is 0.234 e. The molecule has 5 nitrogen and oxygen atoms in total. The fourth-order valence-corrected chi connectivity index (χ4v) is 3.24. The number of nitrogens with zero attached hydrogens (tertiary/aromatic N) is 2. The Morgan fingerprint density at radius 3 is 2.36 bits per heavy atom. The highest BCUT2D eigenvalue weighted by Gasteiger charge is 2.17.